The van der Waals surface area contributed by atoms with Gasteiger partial charge in [-0.25, -0.2) is 4.79 Å². The molecule has 0 atom stereocenters. The molecule has 0 spiro atoms. The number of fused-ring (bicyclic) bond motifs is 1. The van der Waals surface area contributed by atoms with Crippen LogP contribution in [0.25, 0.3) is 10.1 Å². The van der Waals surface area contributed by atoms with Gasteiger partial charge in [0.15, 0.2) is 0 Å². The van der Waals surface area contributed by atoms with Crippen LogP contribution in [0.3, 0.4) is 0 Å². The van der Waals surface area contributed by atoms with Gasteiger partial charge in [0.2, 0.25) is 0 Å². The fourth-order valence-electron chi connectivity index (χ4n) is 1.51. The lowest BCUT2D eigenvalue weighted by Crippen LogP contribution is -2.29. The van der Waals surface area contributed by atoms with Crippen molar-refractivity contribution in [1.82, 2.24) is 0 Å². The van der Waals surface area contributed by atoms with E-state index in [1.165, 1.54) is 18.4 Å². The van der Waals surface area contributed by atoms with Gasteiger partial charge in [0.1, 0.15) is 4.88 Å². The van der Waals surface area contributed by atoms with Crippen molar-refractivity contribution < 1.29 is 19.6 Å². The molecular formula is C10H9BO4S. The second kappa shape index (κ2) is 4.25. The van der Waals surface area contributed by atoms with Crippen molar-refractivity contribution in [2.24, 2.45) is 0 Å². The van der Waals surface area contributed by atoms with Crippen LogP contribution >= 0.6 is 11.3 Å². The van der Waals surface area contributed by atoms with E-state index in [4.69, 9.17) is 0 Å². The van der Waals surface area contributed by atoms with Crippen molar-refractivity contribution in [3.05, 3.63) is 29.1 Å². The normalized spacial score (nSPS) is 10.4. The highest BCUT2D eigenvalue weighted by atomic mass is 32.1. The summed E-state index contributed by atoms with van der Waals surface area (Å²) in [5, 5.41) is 19.0. The van der Waals surface area contributed by atoms with Crippen molar-refractivity contribution in [1.29, 1.82) is 0 Å². The monoisotopic (exact) mass is 236 g/mol. The number of rotatable bonds is 2. The van der Waals surface area contributed by atoms with Gasteiger partial charge in [0, 0.05) is 4.70 Å². The molecule has 82 valence electrons. The number of thiophene rings is 1. The van der Waals surface area contributed by atoms with Gasteiger partial charge in [-0.1, -0.05) is 12.1 Å². The summed E-state index contributed by atoms with van der Waals surface area (Å²) in [5.41, 5.74) is 0.393. The summed E-state index contributed by atoms with van der Waals surface area (Å²) in [6.07, 6.45) is 0. The lowest BCUT2D eigenvalue weighted by atomic mass is 9.78. The van der Waals surface area contributed by atoms with Crippen LogP contribution in [-0.2, 0) is 4.74 Å². The van der Waals surface area contributed by atoms with Crippen LogP contribution in [0.4, 0.5) is 0 Å². The van der Waals surface area contributed by atoms with Gasteiger partial charge in [-0.2, -0.15) is 0 Å². The molecule has 0 saturated carbocycles. The summed E-state index contributed by atoms with van der Waals surface area (Å²) in [4.78, 5) is 11.8. The van der Waals surface area contributed by atoms with Gasteiger partial charge in [-0.05, 0) is 23.0 Å². The fraction of sp³-hybridized carbons (Fsp3) is 0.100. The molecule has 0 bridgehead atoms. The van der Waals surface area contributed by atoms with Crippen molar-refractivity contribution in [3.63, 3.8) is 0 Å². The topological polar surface area (TPSA) is 66.8 Å². The average Bonchev–Trinajstić information content (AvgIpc) is 2.70. The Balaban J connectivity index is 2.61. The van der Waals surface area contributed by atoms with Crippen molar-refractivity contribution in [2.75, 3.05) is 7.11 Å². The summed E-state index contributed by atoms with van der Waals surface area (Å²) < 4.78 is 5.44. The molecule has 0 radical (unpaired) electrons. The zero-order valence-corrected chi connectivity index (χ0v) is 9.32. The molecule has 2 aromatic rings. The summed E-state index contributed by atoms with van der Waals surface area (Å²) in [7, 11) is -0.224. The Morgan fingerprint density at radius 2 is 2.19 bits per heavy atom. The molecular weight excluding hydrogens is 227 g/mol. The number of carbonyl (C=O) groups is 1. The second-order valence-corrected chi connectivity index (χ2v) is 4.32. The zero-order chi connectivity index (χ0) is 11.7. The number of hydrogen-bond acceptors (Lipinski definition) is 5. The highest BCUT2D eigenvalue weighted by molar-refractivity contribution is 7.21. The molecule has 0 amide bonds. The largest absolute Gasteiger partial charge is 0.489 e. The van der Waals surface area contributed by atoms with E-state index in [1.54, 1.807) is 18.2 Å². The Morgan fingerprint density at radius 1 is 1.44 bits per heavy atom. The van der Waals surface area contributed by atoms with Gasteiger partial charge < -0.3 is 14.8 Å². The third-order valence-electron chi connectivity index (χ3n) is 2.26. The molecule has 0 fully saturated rings. The fourth-order valence-corrected chi connectivity index (χ4v) is 2.52. The lowest BCUT2D eigenvalue weighted by molar-refractivity contribution is 0.0606. The predicted octanol–water partition coefficient (Wildman–Crippen LogP) is 0.368. The van der Waals surface area contributed by atoms with Gasteiger partial charge in [0.05, 0.1) is 7.11 Å². The second-order valence-electron chi connectivity index (χ2n) is 3.23. The SMILES string of the molecule is COC(=O)c1cc2c(B(O)O)cccc2s1. The molecule has 1 heterocycles. The Bertz CT molecular complexity index is 535. The molecule has 0 aliphatic heterocycles. The number of carbonyl (C=O) groups excluding carboxylic acids is 1. The Hall–Kier alpha value is -1.37. The number of ether oxygens (including phenoxy) is 1. The molecule has 2 rings (SSSR count). The molecule has 0 aliphatic rings. The van der Waals surface area contributed by atoms with E-state index in [9.17, 15) is 14.8 Å². The quantitative estimate of drug-likeness (QED) is 0.583. The minimum Gasteiger partial charge on any atom is -0.465 e. The van der Waals surface area contributed by atoms with Gasteiger partial charge in [0.25, 0.3) is 0 Å². The predicted molar refractivity (Wildman–Crippen MR) is 63.0 cm³/mol. The summed E-state index contributed by atoms with van der Waals surface area (Å²) in [6.45, 7) is 0. The van der Waals surface area contributed by atoms with Crippen molar-refractivity contribution >= 4 is 40.0 Å². The molecule has 0 saturated heterocycles. The minimum absolute atomic E-state index is 0.393. The van der Waals surface area contributed by atoms with E-state index in [1.807, 2.05) is 6.07 Å². The van der Waals surface area contributed by atoms with Gasteiger partial charge in [-0.15, -0.1) is 11.3 Å². The molecule has 1 aromatic carbocycles. The van der Waals surface area contributed by atoms with E-state index in [2.05, 4.69) is 4.74 Å². The smallest absolute Gasteiger partial charge is 0.465 e. The Morgan fingerprint density at radius 3 is 2.81 bits per heavy atom. The number of benzene rings is 1. The van der Waals surface area contributed by atoms with Crippen LogP contribution in [0.5, 0.6) is 0 Å². The summed E-state index contributed by atoms with van der Waals surface area (Å²) in [6, 6.07) is 6.76. The highest BCUT2D eigenvalue weighted by Gasteiger charge is 2.18. The van der Waals surface area contributed by atoms with Crippen LogP contribution in [0.1, 0.15) is 9.67 Å². The third-order valence-corrected chi connectivity index (χ3v) is 3.34. The van der Waals surface area contributed by atoms with E-state index in [-0.39, 0.29) is 0 Å². The molecule has 16 heavy (non-hydrogen) atoms. The van der Waals surface area contributed by atoms with Crippen LogP contribution < -0.4 is 5.46 Å². The van der Waals surface area contributed by atoms with Crippen LogP contribution in [0.15, 0.2) is 24.3 Å². The Labute approximate surface area is 96.2 Å². The van der Waals surface area contributed by atoms with Gasteiger partial charge in [-0.3, -0.25) is 0 Å². The molecule has 0 aliphatic carbocycles. The maximum atomic E-state index is 11.3. The van der Waals surface area contributed by atoms with E-state index < -0.39 is 13.1 Å². The van der Waals surface area contributed by atoms with E-state index in [0.717, 1.165) is 4.70 Å². The first kappa shape index (κ1) is 11.1. The van der Waals surface area contributed by atoms with Crippen LogP contribution in [0.2, 0.25) is 0 Å². The molecule has 1 aromatic heterocycles. The van der Waals surface area contributed by atoms with Crippen molar-refractivity contribution in [3.8, 4) is 0 Å². The summed E-state index contributed by atoms with van der Waals surface area (Å²) >= 11 is 1.26. The minimum atomic E-state index is -1.54. The standard InChI is InChI=1S/C10H9BO4S/c1-15-10(12)9-5-6-7(11(13)14)3-2-4-8(6)16-9/h2-5,13-14H,1H3. The number of methoxy groups -OCH3 is 1. The lowest BCUT2D eigenvalue weighted by Gasteiger charge is -1.99. The average molecular weight is 236 g/mol. The Kier molecular flexibility index (Phi) is 2.96. The maximum absolute atomic E-state index is 11.3. The zero-order valence-electron chi connectivity index (χ0n) is 8.51. The first-order chi connectivity index (χ1) is 7.63. The maximum Gasteiger partial charge on any atom is 0.489 e. The first-order valence-corrected chi connectivity index (χ1v) is 5.42. The molecule has 2 N–H and O–H groups in total. The molecule has 6 heteroatoms. The number of hydrogen-bond donors (Lipinski definition) is 2. The third kappa shape index (κ3) is 1.82. The van der Waals surface area contributed by atoms with E-state index in [0.29, 0.717) is 15.7 Å². The number of esters is 1. The summed E-state index contributed by atoms with van der Waals surface area (Å²) in [5.74, 6) is -0.417. The van der Waals surface area contributed by atoms with Crippen molar-refractivity contribution in [2.45, 2.75) is 0 Å². The van der Waals surface area contributed by atoms with E-state index >= 15 is 0 Å². The highest BCUT2D eigenvalue weighted by Crippen LogP contribution is 2.24. The molecule has 4 nitrogen and oxygen atoms in total. The van der Waals surface area contributed by atoms with Gasteiger partial charge >= 0.3 is 13.1 Å². The van der Waals surface area contributed by atoms with Crippen LogP contribution in [0, 0.1) is 0 Å². The first-order valence-electron chi connectivity index (χ1n) is 4.60. The molecule has 0 unspecified atom stereocenters. The van der Waals surface area contributed by atoms with Crippen LogP contribution in [-0.4, -0.2) is 30.2 Å².